The predicted octanol–water partition coefficient (Wildman–Crippen LogP) is 2.72. The van der Waals surface area contributed by atoms with Crippen molar-refractivity contribution in [2.45, 2.75) is 20.4 Å². The Morgan fingerprint density at radius 3 is 2.59 bits per heavy atom. The van der Waals surface area contributed by atoms with Gasteiger partial charge in [-0.25, -0.2) is 14.0 Å². The molecule has 2 saturated heterocycles. The summed E-state index contributed by atoms with van der Waals surface area (Å²) in [5.41, 5.74) is 0.495. The summed E-state index contributed by atoms with van der Waals surface area (Å²) in [7, 11) is 0. The number of nitro groups is 1. The third-order valence-corrected chi connectivity index (χ3v) is 6.30. The largest absolute Gasteiger partial charge is 0.465 e. The molecule has 1 atom stereocenters. The number of anilines is 2. The maximum absolute atomic E-state index is 15.0. The third kappa shape index (κ3) is 4.79. The van der Waals surface area contributed by atoms with Crippen LogP contribution in [0.3, 0.4) is 0 Å². The minimum absolute atomic E-state index is 0.00176. The normalized spacial score (nSPS) is 17.8. The van der Waals surface area contributed by atoms with Crippen LogP contribution in [0, 0.1) is 28.8 Å². The van der Waals surface area contributed by atoms with Crippen LogP contribution < -0.4 is 15.1 Å². The lowest BCUT2D eigenvalue weighted by Gasteiger charge is -2.37. The van der Waals surface area contributed by atoms with Crippen LogP contribution in [0.15, 0.2) is 36.4 Å². The van der Waals surface area contributed by atoms with Gasteiger partial charge in [-0.1, -0.05) is 12.1 Å². The molecule has 4 rings (SSSR count). The lowest BCUT2D eigenvalue weighted by Crippen LogP contribution is -2.58. The van der Waals surface area contributed by atoms with E-state index in [0.29, 0.717) is 12.1 Å². The number of benzene rings is 2. The fraction of sp³-hybridized carbons (Fsp3) is 0.333. The van der Waals surface area contributed by atoms with E-state index in [4.69, 9.17) is 4.74 Å². The summed E-state index contributed by atoms with van der Waals surface area (Å²) in [5.74, 6) is -3.83. The predicted molar refractivity (Wildman–Crippen MR) is 128 cm³/mol. The molecule has 0 saturated carbocycles. The van der Waals surface area contributed by atoms with Crippen LogP contribution in [0.25, 0.3) is 0 Å². The van der Waals surface area contributed by atoms with Gasteiger partial charge in [-0.15, -0.1) is 0 Å². The van der Waals surface area contributed by atoms with Crippen LogP contribution in [-0.2, 0) is 20.9 Å². The maximum Gasteiger partial charge on any atom is 0.331 e. The Morgan fingerprint density at radius 1 is 1.22 bits per heavy atom. The van der Waals surface area contributed by atoms with Crippen molar-refractivity contribution in [2.75, 3.05) is 36.0 Å². The van der Waals surface area contributed by atoms with Gasteiger partial charge in [0.2, 0.25) is 5.91 Å². The molecule has 0 spiro atoms. The van der Waals surface area contributed by atoms with Crippen LogP contribution in [-0.4, -0.2) is 60.0 Å². The fourth-order valence-corrected chi connectivity index (χ4v) is 4.34. The Labute approximate surface area is 210 Å². The second kappa shape index (κ2) is 10.2. The molecule has 13 heteroatoms. The van der Waals surface area contributed by atoms with Crippen molar-refractivity contribution in [3.05, 3.63) is 63.5 Å². The highest BCUT2D eigenvalue weighted by molar-refractivity contribution is 6.12. The van der Waals surface area contributed by atoms with E-state index in [2.05, 4.69) is 5.32 Å². The molecule has 2 aliphatic heterocycles. The molecule has 2 aromatic carbocycles. The smallest absolute Gasteiger partial charge is 0.331 e. The second-order valence-electron chi connectivity index (χ2n) is 8.46. The number of nitrogens with zero attached hydrogens (tertiary/aromatic N) is 4. The monoisotopic (exact) mass is 513 g/mol. The minimum Gasteiger partial charge on any atom is -0.465 e. The van der Waals surface area contributed by atoms with Crippen LogP contribution in [0.5, 0.6) is 0 Å². The summed E-state index contributed by atoms with van der Waals surface area (Å²) in [6, 6.07) is 6.80. The van der Waals surface area contributed by atoms with Crippen LogP contribution in [0.2, 0.25) is 0 Å². The summed E-state index contributed by atoms with van der Waals surface area (Å²) in [6.45, 7) is 2.97. The zero-order chi connectivity index (χ0) is 26.9. The number of halogens is 1. The zero-order valence-corrected chi connectivity index (χ0v) is 20.1. The highest BCUT2D eigenvalue weighted by Gasteiger charge is 2.44. The number of esters is 1. The summed E-state index contributed by atoms with van der Waals surface area (Å²) in [5, 5.41) is 13.9. The molecule has 12 nitrogen and oxygen atoms in total. The van der Waals surface area contributed by atoms with Gasteiger partial charge in [-0.2, -0.15) is 0 Å². The number of carbonyl (C=O) groups excluding carboxylic acids is 4. The number of hydrogen-bond acceptors (Lipinski definition) is 7. The Morgan fingerprint density at radius 2 is 1.97 bits per heavy atom. The molecule has 2 heterocycles. The summed E-state index contributed by atoms with van der Waals surface area (Å²) >= 11 is 0. The number of nitrogens with one attached hydrogen (secondary N) is 1. The molecule has 2 fully saturated rings. The van der Waals surface area contributed by atoms with Crippen molar-refractivity contribution in [2.24, 2.45) is 5.92 Å². The second-order valence-corrected chi connectivity index (χ2v) is 8.46. The molecule has 0 radical (unpaired) electrons. The SMILES string of the molecule is CCOC(=O)C1CN(c2ccc(N3CCNC3=O)c(F)c2)C(=O)N(Cc2cccc([N+](=O)[O-])c2C)C1=O. The summed E-state index contributed by atoms with van der Waals surface area (Å²) in [6.07, 6.45) is 0. The van der Waals surface area contributed by atoms with E-state index in [-0.39, 0.29) is 48.9 Å². The van der Waals surface area contributed by atoms with Crippen molar-refractivity contribution in [3.8, 4) is 0 Å². The molecule has 0 aromatic heterocycles. The summed E-state index contributed by atoms with van der Waals surface area (Å²) < 4.78 is 20.1. The van der Waals surface area contributed by atoms with Gasteiger partial charge in [-0.3, -0.25) is 34.4 Å². The van der Waals surface area contributed by atoms with Gasteiger partial charge in [0.15, 0.2) is 5.92 Å². The van der Waals surface area contributed by atoms with Gasteiger partial charge in [0.1, 0.15) is 5.82 Å². The topological polar surface area (TPSA) is 142 Å². The van der Waals surface area contributed by atoms with Crippen molar-refractivity contribution in [3.63, 3.8) is 0 Å². The van der Waals surface area contributed by atoms with E-state index in [1.54, 1.807) is 6.92 Å². The molecule has 5 amide bonds. The van der Waals surface area contributed by atoms with E-state index in [1.165, 1.54) is 42.2 Å². The van der Waals surface area contributed by atoms with E-state index >= 15 is 4.39 Å². The highest BCUT2D eigenvalue weighted by atomic mass is 19.1. The van der Waals surface area contributed by atoms with Gasteiger partial charge in [0.05, 0.1) is 30.3 Å². The average Bonchev–Trinajstić information content (AvgIpc) is 3.28. The lowest BCUT2D eigenvalue weighted by atomic mass is 10.0. The third-order valence-electron chi connectivity index (χ3n) is 6.30. The van der Waals surface area contributed by atoms with E-state index in [0.717, 1.165) is 15.9 Å². The molecule has 0 bridgehead atoms. The summed E-state index contributed by atoms with van der Waals surface area (Å²) in [4.78, 5) is 65.1. The number of amides is 5. The average molecular weight is 513 g/mol. The molecule has 1 N–H and O–H groups in total. The van der Waals surface area contributed by atoms with Crippen molar-refractivity contribution in [1.82, 2.24) is 10.2 Å². The Hall–Kier alpha value is -4.55. The molecule has 2 aromatic rings. The zero-order valence-electron chi connectivity index (χ0n) is 20.1. The number of urea groups is 2. The van der Waals surface area contributed by atoms with Crippen LogP contribution >= 0.6 is 0 Å². The molecule has 0 aliphatic carbocycles. The van der Waals surface area contributed by atoms with Gasteiger partial charge in [0, 0.05) is 30.4 Å². The molecular weight excluding hydrogens is 489 g/mol. The van der Waals surface area contributed by atoms with Crippen LogP contribution in [0.1, 0.15) is 18.1 Å². The van der Waals surface area contributed by atoms with Gasteiger partial charge < -0.3 is 10.1 Å². The fourth-order valence-electron chi connectivity index (χ4n) is 4.34. The van der Waals surface area contributed by atoms with Crippen molar-refractivity contribution in [1.29, 1.82) is 0 Å². The number of imide groups is 1. The first-order chi connectivity index (χ1) is 17.6. The Balaban J connectivity index is 1.70. The first-order valence-corrected chi connectivity index (χ1v) is 11.5. The molecule has 37 heavy (non-hydrogen) atoms. The van der Waals surface area contributed by atoms with Crippen LogP contribution in [0.4, 0.5) is 31.0 Å². The number of carbonyl (C=O) groups is 4. The molecule has 194 valence electrons. The number of nitro benzene ring substituents is 1. The maximum atomic E-state index is 15.0. The highest BCUT2D eigenvalue weighted by Crippen LogP contribution is 2.31. The number of rotatable bonds is 7. The minimum atomic E-state index is -1.39. The first kappa shape index (κ1) is 25.5. The molecule has 2 aliphatic rings. The molecule has 1 unspecified atom stereocenters. The van der Waals surface area contributed by atoms with Gasteiger partial charge >= 0.3 is 18.0 Å². The van der Waals surface area contributed by atoms with Crippen molar-refractivity contribution < 1.29 is 33.2 Å². The quantitative estimate of drug-likeness (QED) is 0.260. The molecular formula is C24H24FN5O7. The number of ether oxygens (including phenoxy) is 1. The van der Waals surface area contributed by atoms with E-state index in [1.807, 2.05) is 0 Å². The Bertz CT molecular complexity index is 1300. The standard InChI is InChI=1S/C24H24FN5O7/c1-3-37-22(32)17-13-28(16-7-8-20(18(25)11-16)27-10-9-26-23(27)33)24(34)29(21(17)31)12-15-5-4-6-19(14(15)2)30(35)36/h4-8,11,17H,3,9-10,12-13H2,1-2H3,(H,26,33). The van der Waals surface area contributed by atoms with Gasteiger partial charge in [-0.05, 0) is 37.6 Å². The van der Waals surface area contributed by atoms with Crippen molar-refractivity contribution >= 4 is 41.0 Å². The van der Waals surface area contributed by atoms with E-state index < -0.39 is 40.6 Å². The Kier molecular flexibility index (Phi) is 7.05. The lowest BCUT2D eigenvalue weighted by molar-refractivity contribution is -0.385. The van der Waals surface area contributed by atoms with E-state index in [9.17, 15) is 29.3 Å². The number of hydrogen-bond donors (Lipinski definition) is 1. The first-order valence-electron chi connectivity index (χ1n) is 11.5. The van der Waals surface area contributed by atoms with Gasteiger partial charge in [0.25, 0.3) is 5.69 Å².